The lowest BCUT2D eigenvalue weighted by molar-refractivity contribution is -0.143. The third-order valence-corrected chi connectivity index (χ3v) is 4.08. The topological polar surface area (TPSA) is 89.9 Å². The van der Waals surface area contributed by atoms with Crippen LogP contribution in [0.15, 0.2) is 0 Å². The van der Waals surface area contributed by atoms with Crippen LogP contribution in [0.2, 0.25) is 0 Å². The van der Waals surface area contributed by atoms with E-state index in [0.29, 0.717) is 19.5 Å². The van der Waals surface area contributed by atoms with Gasteiger partial charge in [-0.1, -0.05) is 0 Å². The van der Waals surface area contributed by atoms with Gasteiger partial charge in [0.15, 0.2) is 0 Å². The van der Waals surface area contributed by atoms with Gasteiger partial charge in [0.1, 0.15) is 0 Å². The summed E-state index contributed by atoms with van der Waals surface area (Å²) in [4.78, 5) is 24.6. The lowest BCUT2D eigenvalue weighted by Gasteiger charge is -2.33. The van der Waals surface area contributed by atoms with Crippen molar-refractivity contribution in [2.75, 3.05) is 13.1 Å². The number of carboxylic acid groups (broad SMARTS) is 1. The first-order valence-corrected chi connectivity index (χ1v) is 7.02. The Morgan fingerprint density at radius 3 is 2.42 bits per heavy atom. The second kappa shape index (κ2) is 6.23. The number of carboxylic acids is 1. The Hall–Kier alpha value is -1.30. The van der Waals surface area contributed by atoms with Crippen LogP contribution in [0.1, 0.15) is 38.5 Å². The molecule has 2 amide bonds. The van der Waals surface area contributed by atoms with Crippen LogP contribution < -0.4 is 5.32 Å². The highest BCUT2D eigenvalue weighted by Crippen LogP contribution is 2.20. The predicted molar refractivity (Wildman–Crippen MR) is 68.7 cm³/mol. The Bertz CT molecular complexity index is 340. The number of carbonyl (C=O) groups is 2. The number of carbonyl (C=O) groups excluding carboxylic acids is 1. The van der Waals surface area contributed by atoms with Gasteiger partial charge in [-0.05, 0) is 38.5 Å². The minimum absolute atomic E-state index is 0.112. The van der Waals surface area contributed by atoms with Crippen LogP contribution in [-0.4, -0.2) is 52.3 Å². The zero-order chi connectivity index (χ0) is 13.8. The summed E-state index contributed by atoms with van der Waals surface area (Å²) in [6, 6.07) is -0.0477. The molecule has 1 saturated heterocycles. The second-order valence-electron chi connectivity index (χ2n) is 5.58. The van der Waals surface area contributed by atoms with Gasteiger partial charge in [0.2, 0.25) is 0 Å². The van der Waals surface area contributed by atoms with Gasteiger partial charge in [0, 0.05) is 19.1 Å². The van der Waals surface area contributed by atoms with Crippen molar-refractivity contribution in [3.8, 4) is 0 Å². The summed E-state index contributed by atoms with van der Waals surface area (Å²) in [7, 11) is 0. The number of amides is 2. The minimum Gasteiger partial charge on any atom is -0.481 e. The third kappa shape index (κ3) is 3.83. The van der Waals surface area contributed by atoms with Crippen molar-refractivity contribution in [2.45, 2.75) is 50.7 Å². The number of aliphatic hydroxyl groups excluding tert-OH is 1. The Labute approximate surface area is 112 Å². The van der Waals surface area contributed by atoms with Gasteiger partial charge in [0.25, 0.3) is 0 Å². The number of hydrogen-bond acceptors (Lipinski definition) is 3. The molecule has 1 saturated carbocycles. The smallest absolute Gasteiger partial charge is 0.317 e. The number of aliphatic hydroxyl groups is 1. The van der Waals surface area contributed by atoms with Crippen LogP contribution in [0, 0.1) is 5.92 Å². The van der Waals surface area contributed by atoms with Gasteiger partial charge in [-0.3, -0.25) is 4.79 Å². The average molecular weight is 270 g/mol. The number of aliphatic carboxylic acids is 1. The fourth-order valence-corrected chi connectivity index (χ4v) is 2.85. The molecule has 108 valence electrons. The van der Waals surface area contributed by atoms with Gasteiger partial charge < -0.3 is 20.4 Å². The van der Waals surface area contributed by atoms with Crippen molar-refractivity contribution in [3.63, 3.8) is 0 Å². The Morgan fingerprint density at radius 2 is 1.79 bits per heavy atom. The zero-order valence-corrected chi connectivity index (χ0v) is 11.0. The van der Waals surface area contributed by atoms with E-state index in [0.717, 1.165) is 32.1 Å². The summed E-state index contributed by atoms with van der Waals surface area (Å²) in [6.07, 6.45) is 4.19. The van der Waals surface area contributed by atoms with E-state index in [-0.39, 0.29) is 18.2 Å². The van der Waals surface area contributed by atoms with E-state index < -0.39 is 11.9 Å². The number of nitrogens with zero attached hydrogens (tertiary/aromatic N) is 1. The highest BCUT2D eigenvalue weighted by atomic mass is 16.4. The van der Waals surface area contributed by atoms with Crippen molar-refractivity contribution >= 4 is 12.0 Å². The first-order valence-electron chi connectivity index (χ1n) is 7.02. The van der Waals surface area contributed by atoms with Crippen molar-refractivity contribution < 1.29 is 19.8 Å². The van der Waals surface area contributed by atoms with E-state index in [4.69, 9.17) is 5.11 Å². The monoisotopic (exact) mass is 270 g/mol. The highest BCUT2D eigenvalue weighted by molar-refractivity contribution is 5.76. The van der Waals surface area contributed by atoms with Crippen LogP contribution in [-0.2, 0) is 4.79 Å². The molecule has 0 aromatic rings. The fraction of sp³-hybridized carbons (Fsp3) is 0.846. The van der Waals surface area contributed by atoms with Gasteiger partial charge in [-0.2, -0.15) is 0 Å². The molecule has 1 aliphatic heterocycles. The summed E-state index contributed by atoms with van der Waals surface area (Å²) < 4.78 is 0. The Morgan fingerprint density at radius 1 is 1.11 bits per heavy atom. The standard InChI is InChI=1S/C13H22N2O4/c16-11-5-3-10(4-6-11)14-13(19)15-7-1-2-9(8-15)12(17)18/h9-11,16H,1-8H2,(H,14,19)(H,17,18)/t9-,10?,11?/m0/s1. The molecule has 6 heteroatoms. The third-order valence-electron chi connectivity index (χ3n) is 4.08. The number of nitrogens with one attached hydrogen (secondary N) is 1. The summed E-state index contributed by atoms with van der Waals surface area (Å²) >= 11 is 0. The molecule has 1 heterocycles. The number of urea groups is 1. The molecule has 19 heavy (non-hydrogen) atoms. The molecule has 1 atom stereocenters. The lowest BCUT2D eigenvalue weighted by Crippen LogP contribution is -2.50. The van der Waals surface area contributed by atoms with Crippen molar-refractivity contribution in [1.29, 1.82) is 0 Å². The molecule has 0 aromatic heterocycles. The number of hydrogen-bond donors (Lipinski definition) is 3. The van der Waals surface area contributed by atoms with E-state index in [1.54, 1.807) is 4.90 Å². The van der Waals surface area contributed by atoms with Crippen LogP contribution in [0.4, 0.5) is 4.79 Å². The Kier molecular flexibility index (Phi) is 4.63. The van der Waals surface area contributed by atoms with Crippen LogP contribution in [0.5, 0.6) is 0 Å². The highest BCUT2D eigenvalue weighted by Gasteiger charge is 2.29. The second-order valence-corrected chi connectivity index (χ2v) is 5.58. The molecule has 2 fully saturated rings. The molecule has 2 aliphatic rings. The van der Waals surface area contributed by atoms with Gasteiger partial charge in [0.05, 0.1) is 12.0 Å². The molecule has 0 radical (unpaired) electrons. The minimum atomic E-state index is -0.821. The number of piperidine rings is 1. The van der Waals surface area contributed by atoms with E-state index in [1.165, 1.54) is 0 Å². The van der Waals surface area contributed by atoms with Crippen molar-refractivity contribution in [3.05, 3.63) is 0 Å². The Balaban J connectivity index is 1.80. The summed E-state index contributed by atoms with van der Waals surface area (Å²) in [5, 5.41) is 21.4. The zero-order valence-electron chi connectivity index (χ0n) is 11.0. The van der Waals surface area contributed by atoms with E-state index >= 15 is 0 Å². The van der Waals surface area contributed by atoms with Crippen LogP contribution >= 0.6 is 0 Å². The molecule has 0 bridgehead atoms. The molecule has 0 unspecified atom stereocenters. The number of rotatable bonds is 2. The quantitative estimate of drug-likeness (QED) is 0.692. The van der Waals surface area contributed by atoms with Crippen molar-refractivity contribution in [2.24, 2.45) is 5.92 Å². The van der Waals surface area contributed by atoms with E-state index in [1.807, 2.05) is 0 Å². The predicted octanol–water partition coefficient (Wildman–Crippen LogP) is 0.796. The van der Waals surface area contributed by atoms with E-state index in [2.05, 4.69) is 5.32 Å². The SMILES string of the molecule is O=C(O)[C@H]1CCCN(C(=O)NC2CCC(O)CC2)C1. The maximum absolute atomic E-state index is 12.1. The van der Waals surface area contributed by atoms with Gasteiger partial charge >= 0.3 is 12.0 Å². The van der Waals surface area contributed by atoms with Crippen molar-refractivity contribution in [1.82, 2.24) is 10.2 Å². The maximum atomic E-state index is 12.1. The molecular formula is C13H22N2O4. The number of likely N-dealkylation sites (tertiary alicyclic amines) is 1. The van der Waals surface area contributed by atoms with Gasteiger partial charge in [-0.25, -0.2) is 4.79 Å². The molecule has 6 nitrogen and oxygen atoms in total. The maximum Gasteiger partial charge on any atom is 0.317 e. The fourth-order valence-electron chi connectivity index (χ4n) is 2.85. The van der Waals surface area contributed by atoms with E-state index in [9.17, 15) is 14.7 Å². The molecule has 3 N–H and O–H groups in total. The summed E-state index contributed by atoms with van der Waals surface area (Å²) in [6.45, 7) is 0.932. The molecular weight excluding hydrogens is 248 g/mol. The molecule has 0 aromatic carbocycles. The summed E-state index contributed by atoms with van der Waals surface area (Å²) in [5.41, 5.74) is 0. The van der Waals surface area contributed by atoms with Crippen LogP contribution in [0.3, 0.4) is 0 Å². The van der Waals surface area contributed by atoms with Gasteiger partial charge in [-0.15, -0.1) is 0 Å². The molecule has 2 rings (SSSR count). The van der Waals surface area contributed by atoms with Crippen LogP contribution in [0.25, 0.3) is 0 Å². The molecule has 0 spiro atoms. The largest absolute Gasteiger partial charge is 0.481 e. The summed E-state index contributed by atoms with van der Waals surface area (Å²) in [5.74, 6) is -1.26. The first-order chi connectivity index (χ1) is 9.06. The lowest BCUT2D eigenvalue weighted by atomic mass is 9.93. The average Bonchev–Trinajstić information content (AvgIpc) is 2.41. The molecule has 1 aliphatic carbocycles. The normalized spacial score (nSPS) is 31.8. The first kappa shape index (κ1) is 14.1.